The lowest BCUT2D eigenvalue weighted by molar-refractivity contribution is 0.0781. The van der Waals surface area contributed by atoms with Crippen LogP contribution in [0.3, 0.4) is 0 Å². The van der Waals surface area contributed by atoms with Crippen LogP contribution in [-0.4, -0.2) is 38.0 Å². The van der Waals surface area contributed by atoms with Gasteiger partial charge in [0.15, 0.2) is 0 Å². The van der Waals surface area contributed by atoms with Crippen LogP contribution in [-0.2, 0) is 6.54 Å². The Labute approximate surface area is 108 Å². The number of hydrogen-bond donors (Lipinski definition) is 2. The van der Waals surface area contributed by atoms with E-state index in [0.29, 0.717) is 18.1 Å². The van der Waals surface area contributed by atoms with E-state index in [1.54, 1.807) is 7.05 Å². The van der Waals surface area contributed by atoms with Crippen LogP contribution < -0.4 is 5.73 Å². The highest BCUT2D eigenvalue weighted by Crippen LogP contribution is 2.17. The van der Waals surface area contributed by atoms with Crippen LogP contribution in [0.15, 0.2) is 18.6 Å². The molecule has 3 N–H and O–H groups in total. The number of carbonyl (C=O) groups excluding carboxylic acids is 1. The molecule has 2 aromatic heterocycles. The highest BCUT2D eigenvalue weighted by molar-refractivity contribution is 6.32. The number of aromatic amines is 1. The van der Waals surface area contributed by atoms with Crippen molar-refractivity contribution in [3.8, 4) is 0 Å². The normalized spacial score (nSPS) is 10.3. The maximum absolute atomic E-state index is 12.1. The number of nitrogen functional groups attached to an aromatic ring is 1. The first-order valence-corrected chi connectivity index (χ1v) is 5.46. The molecular weight excluding hydrogens is 256 g/mol. The molecule has 2 heterocycles. The molecule has 0 radical (unpaired) electrons. The number of anilines is 1. The molecular formula is C10H11ClN6O. The molecule has 2 aromatic rings. The molecule has 0 spiro atoms. The quantitative estimate of drug-likeness (QED) is 0.797. The summed E-state index contributed by atoms with van der Waals surface area (Å²) in [5.41, 5.74) is 6.23. The molecule has 0 aliphatic rings. The van der Waals surface area contributed by atoms with E-state index in [2.05, 4.69) is 20.2 Å². The number of nitrogens with zero attached hydrogens (tertiary/aromatic N) is 4. The fraction of sp³-hybridized carbons (Fsp3) is 0.200. The zero-order valence-corrected chi connectivity index (χ0v) is 10.3. The number of pyridine rings is 1. The van der Waals surface area contributed by atoms with Gasteiger partial charge in [0, 0.05) is 7.05 Å². The average Bonchev–Trinajstić information content (AvgIpc) is 2.84. The third-order valence-electron chi connectivity index (χ3n) is 2.29. The Hall–Kier alpha value is -2.15. The number of nitrogens with one attached hydrogen (secondary N) is 1. The zero-order valence-electron chi connectivity index (χ0n) is 9.59. The van der Waals surface area contributed by atoms with Gasteiger partial charge in [0.2, 0.25) is 0 Å². The van der Waals surface area contributed by atoms with Crippen molar-refractivity contribution < 1.29 is 4.79 Å². The first-order chi connectivity index (χ1) is 8.58. The van der Waals surface area contributed by atoms with Gasteiger partial charge in [0.1, 0.15) is 17.3 Å². The summed E-state index contributed by atoms with van der Waals surface area (Å²) in [5, 5.41) is 6.50. The summed E-state index contributed by atoms with van der Waals surface area (Å²) in [6.45, 7) is 0.296. The largest absolute Gasteiger partial charge is 0.397 e. The molecule has 8 heteroatoms. The van der Waals surface area contributed by atoms with E-state index in [1.165, 1.54) is 23.5 Å². The van der Waals surface area contributed by atoms with Crippen molar-refractivity contribution in [3.05, 3.63) is 35.1 Å². The van der Waals surface area contributed by atoms with Crippen LogP contribution in [0, 0.1) is 0 Å². The number of halogens is 1. The van der Waals surface area contributed by atoms with Crippen molar-refractivity contribution in [2.24, 2.45) is 0 Å². The third kappa shape index (κ3) is 2.57. The summed E-state index contributed by atoms with van der Waals surface area (Å²) in [6.07, 6.45) is 2.78. The highest BCUT2D eigenvalue weighted by Gasteiger charge is 2.17. The van der Waals surface area contributed by atoms with Crippen LogP contribution in [0.4, 0.5) is 5.69 Å². The van der Waals surface area contributed by atoms with E-state index in [1.807, 2.05) is 0 Å². The van der Waals surface area contributed by atoms with Crippen LogP contribution >= 0.6 is 11.6 Å². The average molecular weight is 267 g/mol. The summed E-state index contributed by atoms with van der Waals surface area (Å²) in [5.74, 6) is 0.301. The van der Waals surface area contributed by atoms with Gasteiger partial charge in [-0.05, 0) is 6.07 Å². The van der Waals surface area contributed by atoms with Gasteiger partial charge in [0.25, 0.3) is 5.91 Å². The summed E-state index contributed by atoms with van der Waals surface area (Å²) < 4.78 is 0. The fourth-order valence-corrected chi connectivity index (χ4v) is 1.61. The van der Waals surface area contributed by atoms with Gasteiger partial charge in [-0.15, -0.1) is 0 Å². The van der Waals surface area contributed by atoms with E-state index in [9.17, 15) is 4.79 Å². The standard InChI is InChI=1S/C10H11ClN6O/c1-17(4-8-14-5-15-16-8)10(18)7-2-6(12)3-13-9(7)11/h2-3,5H,4,12H2,1H3,(H,14,15,16). The van der Waals surface area contributed by atoms with Crippen molar-refractivity contribution in [1.29, 1.82) is 0 Å². The Bertz CT molecular complexity index is 556. The summed E-state index contributed by atoms with van der Waals surface area (Å²) in [4.78, 5) is 21.3. The topological polar surface area (TPSA) is 101 Å². The molecule has 7 nitrogen and oxygen atoms in total. The number of amides is 1. The van der Waals surface area contributed by atoms with Gasteiger partial charge in [-0.25, -0.2) is 9.97 Å². The molecule has 2 rings (SSSR count). The second-order valence-electron chi connectivity index (χ2n) is 3.70. The van der Waals surface area contributed by atoms with Crippen LogP contribution in [0.1, 0.15) is 16.2 Å². The van der Waals surface area contributed by atoms with E-state index < -0.39 is 0 Å². The second-order valence-corrected chi connectivity index (χ2v) is 4.06. The molecule has 0 atom stereocenters. The highest BCUT2D eigenvalue weighted by atomic mass is 35.5. The van der Waals surface area contributed by atoms with Gasteiger partial charge in [-0.2, -0.15) is 5.10 Å². The zero-order chi connectivity index (χ0) is 13.1. The maximum atomic E-state index is 12.1. The summed E-state index contributed by atoms with van der Waals surface area (Å²) >= 11 is 5.87. The predicted octanol–water partition coefficient (Wildman–Crippen LogP) is 0.707. The van der Waals surface area contributed by atoms with Gasteiger partial charge in [-0.1, -0.05) is 11.6 Å². The number of carbonyl (C=O) groups is 1. The van der Waals surface area contributed by atoms with Crippen molar-refractivity contribution in [1.82, 2.24) is 25.1 Å². The number of nitrogens with two attached hydrogens (primary N) is 1. The van der Waals surface area contributed by atoms with Crippen LogP contribution in [0.5, 0.6) is 0 Å². The van der Waals surface area contributed by atoms with Gasteiger partial charge in [0.05, 0.1) is 24.0 Å². The number of aromatic nitrogens is 4. The third-order valence-corrected chi connectivity index (χ3v) is 2.59. The van der Waals surface area contributed by atoms with E-state index in [4.69, 9.17) is 17.3 Å². The summed E-state index contributed by atoms with van der Waals surface area (Å²) in [7, 11) is 1.63. The molecule has 0 bridgehead atoms. The second kappa shape index (κ2) is 5.01. The monoisotopic (exact) mass is 266 g/mol. The lowest BCUT2D eigenvalue weighted by Crippen LogP contribution is -2.27. The molecule has 0 fully saturated rings. The van der Waals surface area contributed by atoms with Crippen LogP contribution in [0.2, 0.25) is 5.15 Å². The first-order valence-electron chi connectivity index (χ1n) is 5.08. The molecule has 18 heavy (non-hydrogen) atoms. The Balaban J connectivity index is 2.17. The van der Waals surface area contributed by atoms with Crippen molar-refractivity contribution in [2.75, 3.05) is 12.8 Å². The van der Waals surface area contributed by atoms with E-state index >= 15 is 0 Å². The Morgan fingerprint density at radius 2 is 2.33 bits per heavy atom. The smallest absolute Gasteiger partial charge is 0.257 e. The van der Waals surface area contributed by atoms with E-state index in [-0.39, 0.29) is 16.6 Å². The minimum atomic E-state index is -0.281. The minimum Gasteiger partial charge on any atom is -0.397 e. The van der Waals surface area contributed by atoms with Gasteiger partial charge in [-0.3, -0.25) is 9.89 Å². The van der Waals surface area contributed by atoms with Crippen molar-refractivity contribution in [2.45, 2.75) is 6.54 Å². The predicted molar refractivity (Wildman–Crippen MR) is 65.8 cm³/mol. The molecule has 0 saturated carbocycles. The lowest BCUT2D eigenvalue weighted by Gasteiger charge is -2.16. The van der Waals surface area contributed by atoms with Crippen molar-refractivity contribution in [3.63, 3.8) is 0 Å². The Morgan fingerprint density at radius 1 is 1.56 bits per heavy atom. The number of rotatable bonds is 3. The number of hydrogen-bond acceptors (Lipinski definition) is 5. The maximum Gasteiger partial charge on any atom is 0.257 e. The van der Waals surface area contributed by atoms with Crippen LogP contribution in [0.25, 0.3) is 0 Å². The van der Waals surface area contributed by atoms with E-state index in [0.717, 1.165) is 0 Å². The Morgan fingerprint density at radius 3 is 3.00 bits per heavy atom. The number of H-pyrrole nitrogens is 1. The minimum absolute atomic E-state index is 0.124. The van der Waals surface area contributed by atoms with Gasteiger partial charge < -0.3 is 10.6 Å². The first kappa shape index (κ1) is 12.3. The SMILES string of the molecule is CN(Cc1ncn[nH]1)C(=O)c1cc(N)cnc1Cl. The lowest BCUT2D eigenvalue weighted by atomic mass is 10.2. The molecule has 94 valence electrons. The van der Waals surface area contributed by atoms with Gasteiger partial charge >= 0.3 is 0 Å². The molecule has 0 saturated heterocycles. The molecule has 0 aromatic carbocycles. The molecule has 0 aliphatic heterocycles. The van der Waals surface area contributed by atoms with Crippen molar-refractivity contribution >= 4 is 23.2 Å². The molecule has 0 aliphatic carbocycles. The molecule has 0 unspecified atom stereocenters. The summed E-state index contributed by atoms with van der Waals surface area (Å²) in [6, 6.07) is 1.49. The molecule has 1 amide bonds. The Kier molecular flexibility index (Phi) is 3.42. The fourth-order valence-electron chi connectivity index (χ4n) is 1.42.